The second-order valence-electron chi connectivity index (χ2n) is 3.72. The third kappa shape index (κ3) is 5.67. The third-order valence-electron chi connectivity index (χ3n) is 2.16. The first-order chi connectivity index (χ1) is 9.32. The minimum Gasteiger partial charge on any atom is -0.480 e. The molecule has 0 spiro atoms. The van der Waals surface area contributed by atoms with Crippen LogP contribution < -0.4 is 15.4 Å². The average molecular weight is 305 g/mol. The van der Waals surface area contributed by atoms with Gasteiger partial charge in [-0.15, -0.1) is 0 Å². The molecule has 1 rings (SSSR count). The van der Waals surface area contributed by atoms with Gasteiger partial charge in [0.2, 0.25) is 10.0 Å². The molecule has 0 aliphatic heterocycles. The van der Waals surface area contributed by atoms with Crippen LogP contribution in [0.4, 0.5) is 10.5 Å². The van der Waals surface area contributed by atoms with Crippen LogP contribution in [0.1, 0.15) is 0 Å². The first-order valence-electron chi connectivity index (χ1n) is 5.53. The summed E-state index contributed by atoms with van der Waals surface area (Å²) in [5.41, 5.74) is 0.306. The van der Waals surface area contributed by atoms with E-state index in [4.69, 9.17) is 5.11 Å². The number of carbonyl (C=O) groups is 2. The SMILES string of the molecule is CNS(=O)(=O)CCNC(=O)Nc1cnn(CC(=O)O)c1. The van der Waals surface area contributed by atoms with Crippen LogP contribution in [0, 0.1) is 0 Å². The third-order valence-corrected chi connectivity index (χ3v) is 3.52. The Bertz CT molecular complexity index is 581. The van der Waals surface area contributed by atoms with E-state index in [0.29, 0.717) is 5.69 Å². The Labute approximate surface area is 115 Å². The van der Waals surface area contributed by atoms with Crippen LogP contribution in [-0.4, -0.2) is 54.7 Å². The molecule has 10 nitrogen and oxygen atoms in total. The van der Waals surface area contributed by atoms with Gasteiger partial charge >= 0.3 is 12.0 Å². The van der Waals surface area contributed by atoms with Crippen molar-refractivity contribution in [1.82, 2.24) is 19.8 Å². The standard InChI is InChI=1S/C9H15N5O5S/c1-10-20(18,19)3-2-11-9(17)13-7-4-12-14(5-7)6-8(15)16/h4-5,10H,2-3,6H2,1H3,(H,15,16)(H2,11,13,17). The fraction of sp³-hybridized carbons (Fsp3) is 0.444. The molecule has 0 radical (unpaired) electrons. The van der Waals surface area contributed by atoms with Gasteiger partial charge in [-0.3, -0.25) is 9.48 Å². The summed E-state index contributed by atoms with van der Waals surface area (Å²) < 4.78 is 25.4. The molecule has 4 N–H and O–H groups in total. The minimum absolute atomic E-state index is 0.0573. The Balaban J connectivity index is 2.39. The fourth-order valence-electron chi connectivity index (χ4n) is 1.23. The molecule has 2 amide bonds. The van der Waals surface area contributed by atoms with Crippen molar-refractivity contribution in [3.8, 4) is 0 Å². The molecule has 1 aromatic rings. The van der Waals surface area contributed by atoms with Crippen LogP contribution in [0.2, 0.25) is 0 Å². The van der Waals surface area contributed by atoms with E-state index in [-0.39, 0.29) is 18.8 Å². The lowest BCUT2D eigenvalue weighted by Crippen LogP contribution is -2.35. The van der Waals surface area contributed by atoms with Gasteiger partial charge in [0.15, 0.2) is 0 Å². The molecule has 0 fully saturated rings. The minimum atomic E-state index is -3.37. The number of sulfonamides is 1. The molecule has 0 aromatic carbocycles. The highest BCUT2D eigenvalue weighted by Crippen LogP contribution is 2.04. The van der Waals surface area contributed by atoms with Gasteiger partial charge in [0.1, 0.15) is 6.54 Å². The Morgan fingerprint density at radius 3 is 2.75 bits per heavy atom. The van der Waals surface area contributed by atoms with Crippen LogP contribution in [-0.2, 0) is 21.4 Å². The number of carboxylic acid groups (broad SMARTS) is 1. The average Bonchev–Trinajstić information content (AvgIpc) is 2.75. The van der Waals surface area contributed by atoms with Crippen molar-refractivity contribution in [2.75, 3.05) is 24.7 Å². The van der Waals surface area contributed by atoms with Gasteiger partial charge in [-0.05, 0) is 7.05 Å². The molecule has 1 heterocycles. The van der Waals surface area contributed by atoms with Gasteiger partial charge in [-0.1, -0.05) is 0 Å². The molecular weight excluding hydrogens is 290 g/mol. The second-order valence-corrected chi connectivity index (χ2v) is 5.77. The van der Waals surface area contributed by atoms with E-state index in [1.165, 1.54) is 19.4 Å². The number of nitrogens with zero attached hydrogens (tertiary/aromatic N) is 2. The molecule has 20 heavy (non-hydrogen) atoms. The molecule has 0 saturated heterocycles. The van der Waals surface area contributed by atoms with Crippen molar-refractivity contribution in [3.05, 3.63) is 12.4 Å². The van der Waals surface area contributed by atoms with Gasteiger partial charge in [-0.25, -0.2) is 17.9 Å². The highest BCUT2D eigenvalue weighted by atomic mass is 32.2. The van der Waals surface area contributed by atoms with E-state index in [0.717, 1.165) is 4.68 Å². The van der Waals surface area contributed by atoms with E-state index in [1.807, 2.05) is 0 Å². The highest BCUT2D eigenvalue weighted by Gasteiger charge is 2.09. The first-order valence-corrected chi connectivity index (χ1v) is 7.18. The maximum atomic E-state index is 11.4. The van der Waals surface area contributed by atoms with Crippen LogP contribution in [0.25, 0.3) is 0 Å². The summed E-state index contributed by atoms with van der Waals surface area (Å²) in [6.45, 7) is -0.373. The van der Waals surface area contributed by atoms with Gasteiger partial charge < -0.3 is 15.7 Å². The van der Waals surface area contributed by atoms with Crippen molar-refractivity contribution in [1.29, 1.82) is 0 Å². The number of amides is 2. The molecule has 112 valence electrons. The quantitative estimate of drug-likeness (QED) is 0.490. The lowest BCUT2D eigenvalue weighted by atomic mass is 10.5. The Kier molecular flexibility index (Phi) is 5.46. The number of aromatic nitrogens is 2. The number of carboxylic acids is 1. The molecule has 0 aliphatic rings. The molecule has 0 unspecified atom stereocenters. The lowest BCUT2D eigenvalue weighted by molar-refractivity contribution is -0.137. The van der Waals surface area contributed by atoms with Crippen LogP contribution in [0.5, 0.6) is 0 Å². The maximum absolute atomic E-state index is 11.4. The Hall–Kier alpha value is -2.14. The summed E-state index contributed by atoms with van der Waals surface area (Å²) in [6.07, 6.45) is 2.63. The number of rotatable bonds is 7. The number of hydrogen-bond acceptors (Lipinski definition) is 5. The van der Waals surface area contributed by atoms with Crippen LogP contribution >= 0.6 is 0 Å². The summed E-state index contributed by atoms with van der Waals surface area (Å²) in [5.74, 6) is -1.30. The lowest BCUT2D eigenvalue weighted by Gasteiger charge is -2.05. The van der Waals surface area contributed by atoms with Gasteiger partial charge in [0.25, 0.3) is 0 Å². The van der Waals surface area contributed by atoms with E-state index in [1.54, 1.807) is 0 Å². The zero-order valence-electron chi connectivity index (χ0n) is 10.7. The van der Waals surface area contributed by atoms with Crippen LogP contribution in [0.3, 0.4) is 0 Å². The molecule has 0 bridgehead atoms. The van der Waals surface area contributed by atoms with Crippen molar-refractivity contribution in [2.24, 2.45) is 0 Å². The zero-order valence-corrected chi connectivity index (χ0v) is 11.5. The van der Waals surface area contributed by atoms with Gasteiger partial charge in [0.05, 0.1) is 17.6 Å². The van der Waals surface area contributed by atoms with E-state index < -0.39 is 22.0 Å². The van der Waals surface area contributed by atoms with Crippen molar-refractivity contribution >= 4 is 27.7 Å². The zero-order chi connectivity index (χ0) is 15.2. The Morgan fingerprint density at radius 2 is 2.15 bits per heavy atom. The normalized spacial score (nSPS) is 11.1. The summed E-state index contributed by atoms with van der Waals surface area (Å²) in [7, 11) is -2.09. The number of carbonyl (C=O) groups excluding carboxylic acids is 1. The molecule has 0 saturated carbocycles. The molecule has 0 aliphatic carbocycles. The first kappa shape index (κ1) is 15.9. The van der Waals surface area contributed by atoms with E-state index >= 15 is 0 Å². The number of urea groups is 1. The second kappa shape index (κ2) is 6.86. The topological polar surface area (TPSA) is 142 Å². The summed E-state index contributed by atoms with van der Waals surface area (Å²) in [4.78, 5) is 21.9. The fourth-order valence-corrected chi connectivity index (χ4v) is 1.80. The largest absolute Gasteiger partial charge is 0.480 e. The maximum Gasteiger partial charge on any atom is 0.325 e. The van der Waals surface area contributed by atoms with Crippen molar-refractivity contribution in [3.63, 3.8) is 0 Å². The summed E-state index contributed by atoms with van der Waals surface area (Å²) in [6, 6.07) is -0.605. The Morgan fingerprint density at radius 1 is 1.45 bits per heavy atom. The van der Waals surface area contributed by atoms with E-state index in [2.05, 4.69) is 20.5 Å². The van der Waals surface area contributed by atoms with Crippen molar-refractivity contribution in [2.45, 2.75) is 6.54 Å². The predicted octanol–water partition coefficient (Wildman–Crippen LogP) is -1.36. The molecule has 1 aromatic heterocycles. The number of hydrogen-bond donors (Lipinski definition) is 4. The number of aliphatic carboxylic acids is 1. The predicted molar refractivity (Wildman–Crippen MR) is 69.7 cm³/mol. The number of nitrogens with one attached hydrogen (secondary N) is 3. The molecule has 11 heteroatoms. The summed E-state index contributed by atoms with van der Waals surface area (Å²) in [5, 5.41) is 17.0. The van der Waals surface area contributed by atoms with Crippen LogP contribution in [0.15, 0.2) is 12.4 Å². The van der Waals surface area contributed by atoms with Gasteiger partial charge in [-0.2, -0.15) is 5.10 Å². The number of anilines is 1. The summed E-state index contributed by atoms with van der Waals surface area (Å²) >= 11 is 0. The highest BCUT2D eigenvalue weighted by molar-refractivity contribution is 7.89. The molecular formula is C9H15N5O5S. The van der Waals surface area contributed by atoms with Crippen molar-refractivity contribution < 1.29 is 23.1 Å². The van der Waals surface area contributed by atoms with E-state index in [9.17, 15) is 18.0 Å². The van der Waals surface area contributed by atoms with Gasteiger partial charge in [0, 0.05) is 12.7 Å². The molecule has 0 atom stereocenters. The smallest absolute Gasteiger partial charge is 0.325 e. The monoisotopic (exact) mass is 305 g/mol.